The van der Waals surface area contributed by atoms with Crippen molar-refractivity contribution in [1.29, 1.82) is 0 Å². The molecule has 0 aliphatic rings. The van der Waals surface area contributed by atoms with E-state index in [2.05, 4.69) is 51.6 Å². The highest BCUT2D eigenvalue weighted by atomic mass is 14.1. The van der Waals surface area contributed by atoms with Gasteiger partial charge in [0, 0.05) is 0 Å². The summed E-state index contributed by atoms with van der Waals surface area (Å²) < 4.78 is 0. The minimum atomic E-state index is 0.637. The average molecular weight is 188 g/mol. The van der Waals surface area contributed by atoms with Crippen LogP contribution in [0.5, 0.6) is 0 Å². The largest absolute Gasteiger partial charge is 0.0950 e. The van der Waals surface area contributed by atoms with Gasteiger partial charge in [-0.1, -0.05) is 50.3 Å². The lowest BCUT2D eigenvalue weighted by Gasteiger charge is -2.16. The molecule has 0 heterocycles. The van der Waals surface area contributed by atoms with Gasteiger partial charge in [-0.05, 0) is 36.8 Å². The molecule has 0 amide bonds. The van der Waals surface area contributed by atoms with Crippen LogP contribution in [-0.2, 0) is 0 Å². The Kier molecular flexibility index (Phi) is 3.94. The summed E-state index contributed by atoms with van der Waals surface area (Å²) >= 11 is 0. The smallest absolute Gasteiger partial charge is 0.0167 e. The molecule has 0 radical (unpaired) electrons. The van der Waals surface area contributed by atoms with Crippen molar-refractivity contribution in [3.63, 3.8) is 0 Å². The molecule has 0 saturated carbocycles. The molecule has 0 aromatic heterocycles. The maximum absolute atomic E-state index is 4.20. The molecule has 1 aromatic rings. The second kappa shape index (κ2) is 4.99. The number of hydrogen-bond donors (Lipinski definition) is 0. The van der Waals surface area contributed by atoms with Gasteiger partial charge in [-0.2, -0.15) is 0 Å². The molecule has 1 rings (SSSR count). The van der Waals surface area contributed by atoms with Crippen LogP contribution in [0.1, 0.15) is 37.8 Å². The first kappa shape index (κ1) is 11.0. The van der Waals surface area contributed by atoms with Gasteiger partial charge >= 0.3 is 0 Å². The lowest BCUT2D eigenvalue weighted by atomic mass is 9.89. The van der Waals surface area contributed by atoms with Crippen LogP contribution in [0.25, 0.3) is 5.57 Å². The van der Waals surface area contributed by atoms with Crippen molar-refractivity contribution in [3.05, 3.63) is 42.0 Å². The van der Waals surface area contributed by atoms with Gasteiger partial charge in [0.2, 0.25) is 0 Å². The molecule has 0 heteroatoms. The summed E-state index contributed by atoms with van der Waals surface area (Å²) in [5, 5.41) is 0. The SMILES string of the molecule is C=C(c1ccc(C)cc1)C(CC)CC. The first-order valence-electron chi connectivity index (χ1n) is 5.44. The van der Waals surface area contributed by atoms with E-state index in [0.29, 0.717) is 5.92 Å². The molecule has 0 spiro atoms. The molecule has 0 nitrogen and oxygen atoms in total. The van der Waals surface area contributed by atoms with Crippen LogP contribution in [-0.4, -0.2) is 0 Å². The first-order chi connectivity index (χ1) is 6.69. The number of allylic oxidation sites excluding steroid dienone is 1. The van der Waals surface area contributed by atoms with E-state index in [0.717, 1.165) is 0 Å². The fraction of sp³-hybridized carbons (Fsp3) is 0.429. The van der Waals surface area contributed by atoms with Crippen molar-refractivity contribution in [1.82, 2.24) is 0 Å². The van der Waals surface area contributed by atoms with Gasteiger partial charge < -0.3 is 0 Å². The molecule has 14 heavy (non-hydrogen) atoms. The van der Waals surface area contributed by atoms with Gasteiger partial charge in [0.15, 0.2) is 0 Å². The van der Waals surface area contributed by atoms with Crippen molar-refractivity contribution in [2.24, 2.45) is 5.92 Å². The van der Waals surface area contributed by atoms with Crippen LogP contribution in [0, 0.1) is 12.8 Å². The predicted molar refractivity (Wildman–Crippen MR) is 64.3 cm³/mol. The molecule has 76 valence electrons. The highest BCUT2D eigenvalue weighted by Gasteiger charge is 2.09. The molecule has 0 saturated heterocycles. The topological polar surface area (TPSA) is 0 Å². The molecule has 0 aliphatic carbocycles. The standard InChI is InChI=1S/C14H20/c1-5-13(6-2)12(4)14-9-7-11(3)8-10-14/h7-10,13H,4-6H2,1-3H3. The zero-order valence-electron chi connectivity index (χ0n) is 9.51. The summed E-state index contributed by atoms with van der Waals surface area (Å²) in [5.41, 5.74) is 3.89. The zero-order valence-corrected chi connectivity index (χ0v) is 9.51. The Bertz CT molecular complexity index is 288. The summed E-state index contributed by atoms with van der Waals surface area (Å²) in [5.74, 6) is 0.637. The van der Waals surface area contributed by atoms with Gasteiger partial charge in [-0.15, -0.1) is 0 Å². The molecule has 0 fully saturated rings. The van der Waals surface area contributed by atoms with E-state index >= 15 is 0 Å². The maximum atomic E-state index is 4.20. The van der Waals surface area contributed by atoms with E-state index in [-0.39, 0.29) is 0 Å². The van der Waals surface area contributed by atoms with E-state index in [1.165, 1.54) is 29.5 Å². The molecular formula is C14H20. The van der Waals surface area contributed by atoms with E-state index in [1.54, 1.807) is 0 Å². The summed E-state index contributed by atoms with van der Waals surface area (Å²) in [6.07, 6.45) is 2.37. The molecule has 0 N–H and O–H groups in total. The van der Waals surface area contributed by atoms with Crippen molar-refractivity contribution in [2.75, 3.05) is 0 Å². The Morgan fingerprint density at radius 1 is 1.14 bits per heavy atom. The Balaban J connectivity index is 2.83. The Hall–Kier alpha value is -1.04. The Morgan fingerprint density at radius 3 is 2.07 bits per heavy atom. The van der Waals surface area contributed by atoms with Crippen LogP contribution in [0.2, 0.25) is 0 Å². The van der Waals surface area contributed by atoms with E-state index in [4.69, 9.17) is 0 Å². The van der Waals surface area contributed by atoms with Crippen LogP contribution in [0.3, 0.4) is 0 Å². The summed E-state index contributed by atoms with van der Waals surface area (Å²) in [6.45, 7) is 10.8. The number of hydrogen-bond acceptors (Lipinski definition) is 0. The van der Waals surface area contributed by atoms with Gasteiger partial charge in [-0.25, -0.2) is 0 Å². The predicted octanol–water partition coefficient (Wildman–Crippen LogP) is 4.44. The normalized spacial score (nSPS) is 10.6. The number of aryl methyl sites for hydroxylation is 1. The van der Waals surface area contributed by atoms with Gasteiger partial charge in [0.25, 0.3) is 0 Å². The quantitative estimate of drug-likeness (QED) is 0.655. The third-order valence-electron chi connectivity index (χ3n) is 2.90. The lowest BCUT2D eigenvalue weighted by molar-refractivity contribution is 0.625. The van der Waals surface area contributed by atoms with Crippen molar-refractivity contribution in [3.8, 4) is 0 Å². The Labute approximate surface area is 87.7 Å². The average Bonchev–Trinajstić information content (AvgIpc) is 2.20. The third-order valence-corrected chi connectivity index (χ3v) is 2.90. The fourth-order valence-electron chi connectivity index (χ4n) is 1.78. The second-order valence-electron chi connectivity index (χ2n) is 3.90. The molecular weight excluding hydrogens is 168 g/mol. The van der Waals surface area contributed by atoms with Crippen molar-refractivity contribution in [2.45, 2.75) is 33.6 Å². The maximum Gasteiger partial charge on any atom is -0.0167 e. The van der Waals surface area contributed by atoms with Crippen LogP contribution in [0.15, 0.2) is 30.8 Å². The van der Waals surface area contributed by atoms with E-state index < -0.39 is 0 Å². The minimum Gasteiger partial charge on any atom is -0.0950 e. The summed E-state index contributed by atoms with van der Waals surface area (Å²) in [7, 11) is 0. The highest BCUT2D eigenvalue weighted by Crippen LogP contribution is 2.26. The molecule has 0 unspecified atom stereocenters. The van der Waals surface area contributed by atoms with Crippen LogP contribution < -0.4 is 0 Å². The second-order valence-corrected chi connectivity index (χ2v) is 3.90. The zero-order chi connectivity index (χ0) is 10.6. The summed E-state index contributed by atoms with van der Waals surface area (Å²) in [6, 6.07) is 8.66. The highest BCUT2D eigenvalue weighted by molar-refractivity contribution is 5.65. The third kappa shape index (κ3) is 2.47. The van der Waals surface area contributed by atoms with E-state index in [9.17, 15) is 0 Å². The minimum absolute atomic E-state index is 0.637. The number of rotatable bonds is 4. The van der Waals surface area contributed by atoms with Crippen LogP contribution >= 0.6 is 0 Å². The number of benzene rings is 1. The first-order valence-corrected chi connectivity index (χ1v) is 5.44. The van der Waals surface area contributed by atoms with E-state index in [1.807, 2.05) is 0 Å². The molecule has 0 atom stereocenters. The van der Waals surface area contributed by atoms with Gasteiger partial charge in [0.05, 0.1) is 0 Å². The molecule has 0 bridgehead atoms. The monoisotopic (exact) mass is 188 g/mol. The van der Waals surface area contributed by atoms with Gasteiger partial charge in [-0.3, -0.25) is 0 Å². The molecule has 1 aromatic carbocycles. The molecule has 0 aliphatic heterocycles. The Morgan fingerprint density at radius 2 is 1.64 bits per heavy atom. The summed E-state index contributed by atoms with van der Waals surface area (Å²) in [4.78, 5) is 0. The fourth-order valence-corrected chi connectivity index (χ4v) is 1.78. The lowest BCUT2D eigenvalue weighted by Crippen LogP contribution is -1.99. The van der Waals surface area contributed by atoms with Crippen LogP contribution in [0.4, 0.5) is 0 Å². The van der Waals surface area contributed by atoms with Crippen molar-refractivity contribution >= 4 is 5.57 Å². The van der Waals surface area contributed by atoms with Gasteiger partial charge in [0.1, 0.15) is 0 Å². The van der Waals surface area contributed by atoms with Crippen molar-refractivity contribution < 1.29 is 0 Å².